The first-order chi connectivity index (χ1) is 13.3. The van der Waals surface area contributed by atoms with Crippen molar-refractivity contribution in [3.8, 4) is 17.1 Å². The zero-order valence-electron chi connectivity index (χ0n) is 15.6. The summed E-state index contributed by atoms with van der Waals surface area (Å²) in [7, 11) is 1.67. The lowest BCUT2D eigenvalue weighted by atomic mass is 10.1. The highest BCUT2D eigenvalue weighted by atomic mass is 16.5. The van der Waals surface area contributed by atoms with E-state index < -0.39 is 0 Å². The van der Waals surface area contributed by atoms with Crippen LogP contribution in [-0.2, 0) is 0 Å². The normalized spacial score (nSPS) is 14.0. The van der Waals surface area contributed by atoms with Crippen LogP contribution in [0.15, 0.2) is 60.7 Å². The molecule has 5 heteroatoms. The minimum atomic E-state index is 0.745. The first kappa shape index (κ1) is 17.3. The van der Waals surface area contributed by atoms with Crippen LogP contribution in [0, 0.1) is 0 Å². The van der Waals surface area contributed by atoms with Gasteiger partial charge < -0.3 is 15.0 Å². The number of piperidine rings is 1. The van der Waals surface area contributed by atoms with Crippen LogP contribution in [0.5, 0.6) is 5.75 Å². The summed E-state index contributed by atoms with van der Waals surface area (Å²) in [4.78, 5) is 12.0. The fourth-order valence-corrected chi connectivity index (χ4v) is 3.32. The standard InChI is InChI=1S/C22H24N4O/c1-27-19-12-10-18(11-13-19)23-20-16-21(26-14-6-3-7-15-26)25-22(24-20)17-8-4-2-5-9-17/h2,4-5,8-13,16H,3,6-7,14-15H2,1H3,(H,23,24,25). The highest BCUT2D eigenvalue weighted by molar-refractivity contribution is 5.65. The van der Waals surface area contributed by atoms with Gasteiger partial charge in [0.25, 0.3) is 0 Å². The second-order valence-electron chi connectivity index (χ2n) is 6.70. The van der Waals surface area contributed by atoms with E-state index in [2.05, 4.69) is 10.2 Å². The summed E-state index contributed by atoms with van der Waals surface area (Å²) >= 11 is 0. The van der Waals surface area contributed by atoms with E-state index in [1.165, 1.54) is 19.3 Å². The van der Waals surface area contributed by atoms with Crippen LogP contribution in [0.25, 0.3) is 11.4 Å². The molecule has 0 radical (unpaired) electrons. The van der Waals surface area contributed by atoms with E-state index in [-0.39, 0.29) is 0 Å². The van der Waals surface area contributed by atoms with Crippen molar-refractivity contribution in [3.05, 3.63) is 60.7 Å². The molecule has 1 aliphatic rings. The third-order valence-electron chi connectivity index (χ3n) is 4.79. The van der Waals surface area contributed by atoms with Crippen molar-refractivity contribution in [2.75, 3.05) is 30.4 Å². The zero-order chi connectivity index (χ0) is 18.5. The van der Waals surface area contributed by atoms with Gasteiger partial charge in [-0.3, -0.25) is 0 Å². The average molecular weight is 360 g/mol. The van der Waals surface area contributed by atoms with Gasteiger partial charge in [0.05, 0.1) is 7.11 Å². The van der Waals surface area contributed by atoms with Gasteiger partial charge in [-0.15, -0.1) is 0 Å². The van der Waals surface area contributed by atoms with Gasteiger partial charge in [-0.1, -0.05) is 30.3 Å². The topological polar surface area (TPSA) is 50.3 Å². The van der Waals surface area contributed by atoms with E-state index in [0.29, 0.717) is 0 Å². The van der Waals surface area contributed by atoms with E-state index in [0.717, 1.165) is 47.5 Å². The van der Waals surface area contributed by atoms with Crippen molar-refractivity contribution in [2.24, 2.45) is 0 Å². The highest BCUT2D eigenvalue weighted by Crippen LogP contribution is 2.27. The van der Waals surface area contributed by atoms with Crippen LogP contribution in [0.2, 0.25) is 0 Å². The summed E-state index contributed by atoms with van der Waals surface area (Å²) in [6, 6.07) is 20.0. The Morgan fingerprint density at radius 1 is 0.889 bits per heavy atom. The van der Waals surface area contributed by atoms with Crippen LogP contribution in [-0.4, -0.2) is 30.2 Å². The molecule has 0 spiro atoms. The molecule has 138 valence electrons. The first-order valence-electron chi connectivity index (χ1n) is 9.42. The summed E-state index contributed by atoms with van der Waals surface area (Å²) in [6.07, 6.45) is 3.72. The van der Waals surface area contributed by atoms with Crippen molar-refractivity contribution >= 4 is 17.3 Å². The molecular weight excluding hydrogens is 336 g/mol. The largest absolute Gasteiger partial charge is 0.497 e. The molecule has 4 rings (SSSR count). The van der Waals surface area contributed by atoms with E-state index in [1.54, 1.807) is 7.11 Å². The molecule has 0 bridgehead atoms. The Morgan fingerprint density at radius 2 is 1.63 bits per heavy atom. The number of methoxy groups -OCH3 is 1. The molecule has 5 nitrogen and oxygen atoms in total. The molecule has 0 atom stereocenters. The summed E-state index contributed by atoms with van der Waals surface area (Å²) in [5.41, 5.74) is 1.99. The lowest BCUT2D eigenvalue weighted by Crippen LogP contribution is -2.30. The van der Waals surface area contributed by atoms with Crippen molar-refractivity contribution in [3.63, 3.8) is 0 Å². The molecule has 0 unspecified atom stereocenters. The Kier molecular flexibility index (Phi) is 5.19. The lowest BCUT2D eigenvalue weighted by molar-refractivity contribution is 0.415. The van der Waals surface area contributed by atoms with Gasteiger partial charge in [0, 0.05) is 30.4 Å². The number of hydrogen-bond acceptors (Lipinski definition) is 5. The molecule has 0 aliphatic carbocycles. The molecule has 1 N–H and O–H groups in total. The molecule has 27 heavy (non-hydrogen) atoms. The maximum Gasteiger partial charge on any atom is 0.163 e. The van der Waals surface area contributed by atoms with Crippen LogP contribution in [0.4, 0.5) is 17.3 Å². The maximum absolute atomic E-state index is 5.23. The van der Waals surface area contributed by atoms with E-state index in [9.17, 15) is 0 Å². The molecule has 0 amide bonds. The smallest absolute Gasteiger partial charge is 0.163 e. The summed E-state index contributed by atoms with van der Waals surface area (Å²) in [5.74, 6) is 3.37. The van der Waals surface area contributed by atoms with E-state index in [1.807, 2.05) is 60.7 Å². The molecule has 1 fully saturated rings. The number of hydrogen-bond donors (Lipinski definition) is 1. The molecule has 1 aromatic heterocycles. The van der Waals surface area contributed by atoms with Crippen molar-refractivity contribution in [1.29, 1.82) is 0 Å². The van der Waals surface area contributed by atoms with E-state index >= 15 is 0 Å². The maximum atomic E-state index is 5.23. The predicted molar refractivity (Wildman–Crippen MR) is 110 cm³/mol. The molecular formula is C22H24N4O. The van der Waals surface area contributed by atoms with Gasteiger partial charge in [-0.2, -0.15) is 0 Å². The molecule has 2 heterocycles. The van der Waals surface area contributed by atoms with Gasteiger partial charge in [-0.05, 0) is 43.5 Å². The second kappa shape index (κ2) is 8.08. The fraction of sp³-hybridized carbons (Fsp3) is 0.273. The van der Waals surface area contributed by atoms with E-state index in [4.69, 9.17) is 14.7 Å². The quantitative estimate of drug-likeness (QED) is 0.702. The van der Waals surface area contributed by atoms with Crippen molar-refractivity contribution in [2.45, 2.75) is 19.3 Å². The SMILES string of the molecule is COc1ccc(Nc2cc(N3CCCCC3)nc(-c3ccccc3)n2)cc1. The highest BCUT2D eigenvalue weighted by Gasteiger charge is 2.15. The number of benzene rings is 2. The second-order valence-corrected chi connectivity index (χ2v) is 6.70. The number of rotatable bonds is 5. The van der Waals surface area contributed by atoms with Crippen LogP contribution >= 0.6 is 0 Å². The Hall–Kier alpha value is -3.08. The molecule has 2 aromatic carbocycles. The van der Waals surface area contributed by atoms with Crippen molar-refractivity contribution < 1.29 is 4.74 Å². The van der Waals surface area contributed by atoms with Gasteiger partial charge >= 0.3 is 0 Å². The molecule has 1 aliphatic heterocycles. The lowest BCUT2D eigenvalue weighted by Gasteiger charge is -2.28. The van der Waals surface area contributed by atoms with Crippen LogP contribution < -0.4 is 15.0 Å². The Bertz CT molecular complexity index is 875. The number of ether oxygens (including phenoxy) is 1. The summed E-state index contributed by atoms with van der Waals surface area (Å²) in [6.45, 7) is 2.10. The Labute approximate surface area is 160 Å². The molecule has 1 saturated heterocycles. The number of nitrogens with zero attached hydrogens (tertiary/aromatic N) is 3. The third kappa shape index (κ3) is 4.19. The predicted octanol–water partition coefficient (Wildman–Crippen LogP) is 4.89. The minimum Gasteiger partial charge on any atom is -0.497 e. The number of nitrogens with one attached hydrogen (secondary N) is 1. The Morgan fingerprint density at radius 3 is 2.33 bits per heavy atom. The van der Waals surface area contributed by atoms with Gasteiger partial charge in [0.15, 0.2) is 5.82 Å². The molecule has 3 aromatic rings. The number of aromatic nitrogens is 2. The number of anilines is 3. The van der Waals surface area contributed by atoms with Gasteiger partial charge in [0.2, 0.25) is 0 Å². The van der Waals surface area contributed by atoms with Gasteiger partial charge in [0.1, 0.15) is 17.4 Å². The van der Waals surface area contributed by atoms with Gasteiger partial charge in [-0.25, -0.2) is 9.97 Å². The Balaban J connectivity index is 1.68. The minimum absolute atomic E-state index is 0.745. The average Bonchev–Trinajstić information content (AvgIpc) is 2.75. The monoisotopic (exact) mass is 360 g/mol. The third-order valence-corrected chi connectivity index (χ3v) is 4.79. The van der Waals surface area contributed by atoms with Crippen LogP contribution in [0.1, 0.15) is 19.3 Å². The first-order valence-corrected chi connectivity index (χ1v) is 9.42. The molecule has 0 saturated carbocycles. The van der Waals surface area contributed by atoms with Crippen LogP contribution in [0.3, 0.4) is 0 Å². The fourth-order valence-electron chi connectivity index (χ4n) is 3.32. The summed E-state index contributed by atoms with van der Waals surface area (Å²) in [5, 5.41) is 3.41. The summed E-state index contributed by atoms with van der Waals surface area (Å²) < 4.78 is 5.23. The van der Waals surface area contributed by atoms with Crippen molar-refractivity contribution in [1.82, 2.24) is 9.97 Å². The zero-order valence-corrected chi connectivity index (χ0v) is 15.6.